The average Bonchev–Trinajstić information content (AvgIpc) is 3.48. The molecule has 2 N–H and O–H groups in total. The third-order valence-corrected chi connectivity index (χ3v) is 6.55. The maximum absolute atomic E-state index is 5.85. The van der Waals surface area contributed by atoms with Crippen molar-refractivity contribution >= 4 is 46.3 Å². The van der Waals surface area contributed by atoms with Crippen molar-refractivity contribution in [2.45, 2.75) is 50.7 Å². The van der Waals surface area contributed by atoms with Crippen LogP contribution in [0.1, 0.15) is 37.9 Å². The van der Waals surface area contributed by atoms with Crippen molar-refractivity contribution in [2.75, 3.05) is 37.7 Å². The van der Waals surface area contributed by atoms with Crippen molar-refractivity contribution in [1.82, 2.24) is 10.6 Å². The van der Waals surface area contributed by atoms with Crippen LogP contribution in [0.25, 0.3) is 0 Å². The highest BCUT2D eigenvalue weighted by atomic mass is 127. The molecule has 0 aliphatic carbocycles. The third-order valence-electron chi connectivity index (χ3n) is 5.62. The lowest BCUT2D eigenvalue weighted by Gasteiger charge is -2.33. The van der Waals surface area contributed by atoms with Gasteiger partial charge in [0.15, 0.2) is 5.96 Å². The first kappa shape index (κ1) is 23.4. The Hall–Kier alpha value is -1.26. The summed E-state index contributed by atoms with van der Waals surface area (Å²) in [5.74, 6) is 1.90. The molecule has 2 aliphatic heterocycles. The molecule has 30 heavy (non-hydrogen) atoms. The van der Waals surface area contributed by atoms with Crippen molar-refractivity contribution in [3.05, 3.63) is 41.7 Å². The number of piperidine rings is 1. The molecule has 0 spiro atoms. The summed E-state index contributed by atoms with van der Waals surface area (Å²) in [7, 11) is 0. The molecule has 1 unspecified atom stereocenters. The molecule has 4 heterocycles. The summed E-state index contributed by atoms with van der Waals surface area (Å²) in [6.07, 6.45) is 8.61. The Bertz CT molecular complexity index is 724. The number of aliphatic imine (C=N–C) groups is 1. The molecule has 2 saturated heterocycles. The molecule has 166 valence electrons. The first-order valence-electron chi connectivity index (χ1n) is 10.8. The van der Waals surface area contributed by atoms with E-state index >= 15 is 0 Å². The maximum atomic E-state index is 5.85. The second-order valence-electron chi connectivity index (χ2n) is 7.79. The number of hydrogen-bond acceptors (Lipinski definition) is 5. The second-order valence-corrected chi connectivity index (χ2v) is 8.72. The van der Waals surface area contributed by atoms with Crippen LogP contribution in [0.15, 0.2) is 45.3 Å². The Morgan fingerprint density at radius 3 is 2.77 bits per heavy atom. The van der Waals surface area contributed by atoms with E-state index in [1.807, 2.05) is 23.5 Å². The van der Waals surface area contributed by atoms with E-state index in [1.54, 1.807) is 6.26 Å². The van der Waals surface area contributed by atoms with Crippen molar-refractivity contribution < 1.29 is 9.15 Å². The van der Waals surface area contributed by atoms with Gasteiger partial charge >= 0.3 is 0 Å². The summed E-state index contributed by atoms with van der Waals surface area (Å²) in [6, 6.07) is 8.75. The predicted octanol–water partition coefficient (Wildman–Crippen LogP) is 4.27. The monoisotopic (exact) mass is 544 g/mol. The molecule has 1 atom stereocenters. The van der Waals surface area contributed by atoms with Crippen molar-refractivity contribution in [1.29, 1.82) is 0 Å². The minimum absolute atomic E-state index is 0. The fourth-order valence-corrected chi connectivity index (χ4v) is 4.73. The van der Waals surface area contributed by atoms with Crippen LogP contribution in [-0.2, 0) is 11.2 Å². The maximum Gasteiger partial charge on any atom is 0.191 e. The number of nitrogens with one attached hydrogen (secondary N) is 2. The first-order valence-corrected chi connectivity index (χ1v) is 11.7. The zero-order valence-electron chi connectivity index (χ0n) is 17.4. The molecular weight excluding hydrogens is 511 g/mol. The van der Waals surface area contributed by atoms with Gasteiger partial charge in [0.05, 0.1) is 23.9 Å². The number of rotatable bonds is 7. The minimum Gasteiger partial charge on any atom is -0.469 e. The number of thiophene rings is 1. The van der Waals surface area contributed by atoms with Crippen molar-refractivity contribution in [3.8, 4) is 0 Å². The van der Waals surface area contributed by atoms with Crippen LogP contribution >= 0.6 is 35.3 Å². The van der Waals surface area contributed by atoms with Gasteiger partial charge in [0, 0.05) is 38.7 Å². The lowest BCUT2D eigenvalue weighted by molar-refractivity contribution is 0.0224. The van der Waals surface area contributed by atoms with Gasteiger partial charge in [-0.15, -0.1) is 35.3 Å². The van der Waals surface area contributed by atoms with E-state index < -0.39 is 0 Å². The summed E-state index contributed by atoms with van der Waals surface area (Å²) in [5.41, 5.74) is 0. The van der Waals surface area contributed by atoms with E-state index in [0.717, 1.165) is 70.2 Å². The van der Waals surface area contributed by atoms with Gasteiger partial charge in [-0.3, -0.25) is 4.99 Å². The topological polar surface area (TPSA) is 62.0 Å². The lowest BCUT2D eigenvalue weighted by atomic mass is 10.1. The summed E-state index contributed by atoms with van der Waals surface area (Å²) in [4.78, 5) is 7.34. The van der Waals surface area contributed by atoms with E-state index in [9.17, 15) is 0 Å². The van der Waals surface area contributed by atoms with E-state index in [4.69, 9.17) is 14.1 Å². The van der Waals surface area contributed by atoms with Crippen LogP contribution in [0, 0.1) is 0 Å². The van der Waals surface area contributed by atoms with Crippen LogP contribution in [0.2, 0.25) is 0 Å². The number of halogens is 1. The van der Waals surface area contributed by atoms with Gasteiger partial charge in [-0.25, -0.2) is 0 Å². The quantitative estimate of drug-likeness (QED) is 0.310. The average molecular weight is 545 g/mol. The molecule has 0 radical (unpaired) electrons. The van der Waals surface area contributed by atoms with Crippen LogP contribution < -0.4 is 15.5 Å². The number of furan rings is 1. The highest BCUT2D eigenvalue weighted by molar-refractivity contribution is 14.0. The standard InChI is InChI=1S/C22H32N4O2S.HI/c1-2-14-28-20(5-1)17-24-22(23-11-8-19-6-3-15-27-19)25-18-9-12-26(13-10-18)21-7-4-16-29-21;/h3-4,6-7,15-16,18,20H,1-2,5,8-14,17H2,(H2,23,24,25);1H. The Labute approximate surface area is 200 Å². The predicted molar refractivity (Wildman–Crippen MR) is 134 cm³/mol. The molecule has 2 fully saturated rings. The molecule has 6 nitrogen and oxygen atoms in total. The Morgan fingerprint density at radius 2 is 2.07 bits per heavy atom. The van der Waals surface area contributed by atoms with Gasteiger partial charge in [-0.2, -0.15) is 0 Å². The fourth-order valence-electron chi connectivity index (χ4n) is 3.94. The smallest absolute Gasteiger partial charge is 0.191 e. The molecule has 0 saturated carbocycles. The highest BCUT2D eigenvalue weighted by Gasteiger charge is 2.21. The van der Waals surface area contributed by atoms with Crippen LogP contribution in [0.5, 0.6) is 0 Å². The normalized spacial score (nSPS) is 20.6. The number of anilines is 1. The Morgan fingerprint density at radius 1 is 1.17 bits per heavy atom. The van der Waals surface area contributed by atoms with E-state index in [1.165, 1.54) is 17.8 Å². The molecular formula is C22H33IN4O2S. The van der Waals surface area contributed by atoms with Crippen LogP contribution in [-0.4, -0.2) is 50.9 Å². The largest absolute Gasteiger partial charge is 0.469 e. The van der Waals surface area contributed by atoms with Gasteiger partial charge in [0.25, 0.3) is 0 Å². The van der Waals surface area contributed by atoms with Gasteiger partial charge in [0.2, 0.25) is 0 Å². The Balaban J connectivity index is 0.00000256. The highest BCUT2D eigenvalue weighted by Crippen LogP contribution is 2.24. The molecule has 0 aromatic carbocycles. The molecule has 2 aromatic heterocycles. The zero-order valence-corrected chi connectivity index (χ0v) is 20.6. The molecule has 8 heteroatoms. The molecule has 2 aliphatic rings. The fraction of sp³-hybridized carbons (Fsp3) is 0.591. The van der Waals surface area contributed by atoms with Gasteiger partial charge in [-0.05, 0) is 61.7 Å². The van der Waals surface area contributed by atoms with E-state index in [2.05, 4.69) is 33.0 Å². The van der Waals surface area contributed by atoms with Gasteiger partial charge < -0.3 is 24.7 Å². The van der Waals surface area contributed by atoms with Crippen molar-refractivity contribution in [3.63, 3.8) is 0 Å². The van der Waals surface area contributed by atoms with Gasteiger partial charge in [0.1, 0.15) is 5.76 Å². The minimum atomic E-state index is 0. The summed E-state index contributed by atoms with van der Waals surface area (Å²) in [6.45, 7) is 4.58. The SMILES string of the molecule is I.c1coc(CCNC(=NCC2CCCCO2)NC2CCN(c3cccs3)CC2)c1. The Kier molecular flexibility index (Phi) is 9.80. The van der Waals surface area contributed by atoms with Crippen LogP contribution in [0.4, 0.5) is 5.00 Å². The van der Waals surface area contributed by atoms with Crippen molar-refractivity contribution in [2.24, 2.45) is 4.99 Å². The third kappa shape index (κ3) is 7.16. The van der Waals surface area contributed by atoms with E-state index in [-0.39, 0.29) is 30.1 Å². The first-order chi connectivity index (χ1) is 14.4. The van der Waals surface area contributed by atoms with Crippen LogP contribution in [0.3, 0.4) is 0 Å². The number of ether oxygens (including phenoxy) is 1. The summed E-state index contributed by atoms with van der Waals surface area (Å²) >= 11 is 1.82. The molecule has 2 aromatic rings. The lowest BCUT2D eigenvalue weighted by Crippen LogP contribution is -2.49. The summed E-state index contributed by atoms with van der Waals surface area (Å²) in [5, 5.41) is 10.7. The van der Waals surface area contributed by atoms with E-state index in [0.29, 0.717) is 6.04 Å². The zero-order chi connectivity index (χ0) is 19.7. The second kappa shape index (κ2) is 12.6. The van der Waals surface area contributed by atoms with Gasteiger partial charge in [-0.1, -0.05) is 0 Å². The number of nitrogens with zero attached hydrogens (tertiary/aromatic N) is 2. The molecule has 4 rings (SSSR count). The number of hydrogen-bond donors (Lipinski definition) is 2. The molecule has 0 bridgehead atoms. The number of guanidine groups is 1. The summed E-state index contributed by atoms with van der Waals surface area (Å²) < 4.78 is 11.3. The molecule has 0 amide bonds.